The maximum Gasteiger partial charge on any atom is 0.191 e. The van der Waals surface area contributed by atoms with Crippen LogP contribution in [-0.2, 0) is 23.1 Å². The standard InChI is InChI=1S/C23H34N4O2S.HI/c1-4-20-15-25-21(30-20)16-26-22(24-5-2)27-17-23(11-13-28-14-12-23)18-7-9-19(10-8-18)29-6-3;/h7-10,15H,4-6,11-14,16-17H2,1-3H3,(H2,24,26,27);1H. The van der Waals surface area contributed by atoms with Crippen molar-refractivity contribution in [3.8, 4) is 5.75 Å². The topological polar surface area (TPSA) is 67.8 Å². The molecular formula is C23H35IN4O2S. The molecule has 8 heteroatoms. The monoisotopic (exact) mass is 558 g/mol. The van der Waals surface area contributed by atoms with Gasteiger partial charge < -0.3 is 20.1 Å². The van der Waals surface area contributed by atoms with Gasteiger partial charge in [0.2, 0.25) is 0 Å². The van der Waals surface area contributed by atoms with Crippen molar-refractivity contribution in [1.29, 1.82) is 0 Å². The molecule has 0 aliphatic carbocycles. The number of halogens is 1. The van der Waals surface area contributed by atoms with Crippen molar-refractivity contribution < 1.29 is 9.47 Å². The summed E-state index contributed by atoms with van der Waals surface area (Å²) in [5.41, 5.74) is 1.35. The molecule has 31 heavy (non-hydrogen) atoms. The van der Waals surface area contributed by atoms with E-state index in [4.69, 9.17) is 14.5 Å². The third-order valence-corrected chi connectivity index (χ3v) is 6.61. The fourth-order valence-electron chi connectivity index (χ4n) is 3.73. The summed E-state index contributed by atoms with van der Waals surface area (Å²) < 4.78 is 11.3. The zero-order valence-electron chi connectivity index (χ0n) is 18.8. The number of hydrogen-bond acceptors (Lipinski definition) is 5. The Labute approximate surface area is 207 Å². The number of rotatable bonds is 9. The second kappa shape index (κ2) is 13.2. The SMILES string of the molecule is CCNC(=NCc1ncc(CC)s1)NCC1(c2ccc(OCC)cc2)CCOCC1.I. The minimum atomic E-state index is 0. The first-order valence-corrected chi connectivity index (χ1v) is 11.8. The first-order valence-electron chi connectivity index (χ1n) is 11.0. The van der Waals surface area contributed by atoms with Gasteiger partial charge in [-0.1, -0.05) is 19.1 Å². The molecule has 0 unspecified atom stereocenters. The molecular weight excluding hydrogens is 523 g/mol. The average Bonchev–Trinajstić information content (AvgIpc) is 3.25. The van der Waals surface area contributed by atoms with Gasteiger partial charge in [-0.15, -0.1) is 35.3 Å². The van der Waals surface area contributed by atoms with Gasteiger partial charge in [0.1, 0.15) is 10.8 Å². The Balaban J connectivity index is 0.00000341. The summed E-state index contributed by atoms with van der Waals surface area (Å²) >= 11 is 1.74. The lowest BCUT2D eigenvalue weighted by Crippen LogP contribution is -2.48. The maximum atomic E-state index is 5.68. The Morgan fingerprint density at radius 1 is 1.16 bits per heavy atom. The fourth-order valence-corrected chi connectivity index (χ4v) is 4.51. The van der Waals surface area contributed by atoms with Gasteiger partial charge in [0, 0.05) is 42.8 Å². The molecule has 6 nitrogen and oxygen atoms in total. The number of benzene rings is 1. The molecule has 0 radical (unpaired) electrons. The second-order valence-electron chi connectivity index (χ2n) is 7.47. The van der Waals surface area contributed by atoms with Crippen molar-refractivity contribution in [2.45, 2.75) is 52.0 Å². The van der Waals surface area contributed by atoms with Gasteiger partial charge in [-0.25, -0.2) is 9.98 Å². The molecule has 3 rings (SSSR count). The number of guanidine groups is 1. The molecule has 0 atom stereocenters. The summed E-state index contributed by atoms with van der Waals surface area (Å²) in [5.74, 6) is 1.75. The van der Waals surface area contributed by atoms with Crippen LogP contribution in [0.25, 0.3) is 0 Å². The fraction of sp³-hybridized carbons (Fsp3) is 0.565. The number of hydrogen-bond donors (Lipinski definition) is 2. The molecule has 2 heterocycles. The number of thiazole rings is 1. The van der Waals surface area contributed by atoms with E-state index in [1.807, 2.05) is 13.1 Å². The van der Waals surface area contributed by atoms with Crippen molar-refractivity contribution in [3.63, 3.8) is 0 Å². The molecule has 1 fully saturated rings. The molecule has 172 valence electrons. The third kappa shape index (κ3) is 7.32. The zero-order valence-corrected chi connectivity index (χ0v) is 21.9. The lowest BCUT2D eigenvalue weighted by atomic mass is 9.74. The second-order valence-corrected chi connectivity index (χ2v) is 8.67. The van der Waals surface area contributed by atoms with Crippen LogP contribution in [-0.4, -0.2) is 43.9 Å². The molecule has 1 aliphatic rings. The van der Waals surface area contributed by atoms with E-state index in [-0.39, 0.29) is 29.4 Å². The van der Waals surface area contributed by atoms with Crippen LogP contribution in [0.5, 0.6) is 5.75 Å². The van der Waals surface area contributed by atoms with Crippen molar-refractivity contribution >= 4 is 41.3 Å². The van der Waals surface area contributed by atoms with Gasteiger partial charge in [0.05, 0.1) is 13.2 Å². The van der Waals surface area contributed by atoms with Gasteiger partial charge in [0.15, 0.2) is 5.96 Å². The lowest BCUT2D eigenvalue weighted by molar-refractivity contribution is 0.0513. The Morgan fingerprint density at radius 2 is 1.90 bits per heavy atom. The van der Waals surface area contributed by atoms with Crippen LogP contribution in [0.1, 0.15) is 49.1 Å². The molecule has 0 bridgehead atoms. The minimum absolute atomic E-state index is 0. The van der Waals surface area contributed by atoms with Crippen LogP contribution in [0.3, 0.4) is 0 Å². The predicted molar refractivity (Wildman–Crippen MR) is 139 cm³/mol. The van der Waals surface area contributed by atoms with Gasteiger partial charge in [-0.05, 0) is 50.8 Å². The number of ether oxygens (including phenoxy) is 2. The van der Waals surface area contributed by atoms with E-state index < -0.39 is 0 Å². The van der Waals surface area contributed by atoms with E-state index in [0.717, 1.165) is 62.3 Å². The van der Waals surface area contributed by atoms with Gasteiger partial charge >= 0.3 is 0 Å². The van der Waals surface area contributed by atoms with Crippen molar-refractivity contribution in [1.82, 2.24) is 15.6 Å². The van der Waals surface area contributed by atoms with Crippen molar-refractivity contribution in [3.05, 3.63) is 45.9 Å². The first kappa shape index (κ1) is 25.9. The van der Waals surface area contributed by atoms with Crippen LogP contribution in [0, 0.1) is 0 Å². The Bertz CT molecular complexity index is 804. The highest BCUT2D eigenvalue weighted by atomic mass is 127. The smallest absolute Gasteiger partial charge is 0.191 e. The molecule has 1 aliphatic heterocycles. The number of nitrogens with one attached hydrogen (secondary N) is 2. The number of nitrogens with zero attached hydrogens (tertiary/aromatic N) is 2. The predicted octanol–water partition coefficient (Wildman–Crippen LogP) is 4.53. The molecule has 0 amide bonds. The van der Waals surface area contributed by atoms with E-state index in [1.54, 1.807) is 11.3 Å². The Hall–Kier alpha value is -1.39. The normalized spacial score (nSPS) is 15.8. The van der Waals surface area contributed by atoms with Gasteiger partial charge in [0.25, 0.3) is 0 Å². The Morgan fingerprint density at radius 3 is 2.52 bits per heavy atom. The van der Waals surface area contributed by atoms with Crippen LogP contribution in [0.4, 0.5) is 0 Å². The summed E-state index contributed by atoms with van der Waals surface area (Å²) in [5, 5.41) is 8.01. The molecule has 1 aromatic heterocycles. The van der Waals surface area contributed by atoms with E-state index in [2.05, 4.69) is 53.7 Å². The molecule has 0 saturated carbocycles. The number of aliphatic imine (C=N–C) groups is 1. The highest BCUT2D eigenvalue weighted by Gasteiger charge is 2.34. The minimum Gasteiger partial charge on any atom is -0.494 e. The molecule has 0 spiro atoms. The number of aromatic nitrogens is 1. The summed E-state index contributed by atoms with van der Waals surface area (Å²) in [4.78, 5) is 10.6. The van der Waals surface area contributed by atoms with E-state index in [0.29, 0.717) is 13.2 Å². The van der Waals surface area contributed by atoms with Gasteiger partial charge in [-0.2, -0.15) is 0 Å². The average molecular weight is 559 g/mol. The lowest BCUT2D eigenvalue weighted by Gasteiger charge is -2.38. The highest BCUT2D eigenvalue weighted by Crippen LogP contribution is 2.35. The van der Waals surface area contributed by atoms with Crippen molar-refractivity contribution in [2.24, 2.45) is 4.99 Å². The third-order valence-electron chi connectivity index (χ3n) is 5.49. The molecule has 2 N–H and O–H groups in total. The summed E-state index contributed by atoms with van der Waals surface area (Å²) in [6, 6.07) is 8.54. The molecule has 2 aromatic rings. The van der Waals surface area contributed by atoms with Crippen LogP contribution < -0.4 is 15.4 Å². The van der Waals surface area contributed by atoms with Crippen LogP contribution in [0.15, 0.2) is 35.5 Å². The van der Waals surface area contributed by atoms with E-state index in [1.165, 1.54) is 10.4 Å². The first-order chi connectivity index (χ1) is 14.7. The number of aryl methyl sites for hydroxylation is 1. The maximum absolute atomic E-state index is 5.68. The van der Waals surface area contributed by atoms with Gasteiger partial charge in [-0.3, -0.25) is 0 Å². The van der Waals surface area contributed by atoms with Crippen LogP contribution >= 0.6 is 35.3 Å². The van der Waals surface area contributed by atoms with E-state index in [9.17, 15) is 0 Å². The van der Waals surface area contributed by atoms with E-state index >= 15 is 0 Å². The zero-order chi connectivity index (χ0) is 21.2. The summed E-state index contributed by atoms with van der Waals surface area (Å²) in [6.45, 7) is 10.7. The van der Waals surface area contributed by atoms with Crippen LogP contribution in [0.2, 0.25) is 0 Å². The summed E-state index contributed by atoms with van der Waals surface area (Å²) in [7, 11) is 0. The highest BCUT2D eigenvalue weighted by molar-refractivity contribution is 14.0. The summed E-state index contributed by atoms with van der Waals surface area (Å²) in [6.07, 6.45) is 4.95. The quantitative estimate of drug-likeness (QED) is 0.269. The molecule has 1 aromatic carbocycles. The Kier molecular flexibility index (Phi) is 11.0. The largest absolute Gasteiger partial charge is 0.494 e. The molecule has 1 saturated heterocycles. The van der Waals surface area contributed by atoms with Crippen molar-refractivity contribution in [2.75, 3.05) is 32.9 Å².